The number of nitrogens with zero attached hydrogens (tertiary/aromatic N) is 3. The van der Waals surface area contributed by atoms with Crippen molar-refractivity contribution in [1.82, 2.24) is 9.55 Å². The second-order valence-corrected chi connectivity index (χ2v) is 5.45. The Balaban J connectivity index is 2.34. The van der Waals surface area contributed by atoms with E-state index < -0.39 is 11.4 Å². The summed E-state index contributed by atoms with van der Waals surface area (Å²) in [6, 6.07) is 0. The van der Waals surface area contributed by atoms with Gasteiger partial charge in [-0.1, -0.05) is 13.8 Å². The molecule has 6 heteroatoms. The summed E-state index contributed by atoms with van der Waals surface area (Å²) >= 11 is 0. The highest BCUT2D eigenvalue weighted by molar-refractivity contribution is 5.77. The minimum absolute atomic E-state index is 0.0163. The van der Waals surface area contributed by atoms with Gasteiger partial charge in [-0.15, -0.1) is 0 Å². The highest BCUT2D eigenvalue weighted by Gasteiger charge is 2.48. The third-order valence-corrected chi connectivity index (χ3v) is 4.13. The molecule has 1 aliphatic rings. The van der Waals surface area contributed by atoms with Crippen LogP contribution >= 0.6 is 0 Å². The SMILES string of the molecule is CC(C)C1(C(=O)O)CCN(c2nccn(C)c2=O)C1. The van der Waals surface area contributed by atoms with E-state index in [1.165, 1.54) is 4.57 Å². The second kappa shape index (κ2) is 4.68. The van der Waals surface area contributed by atoms with E-state index in [-0.39, 0.29) is 11.5 Å². The first-order chi connectivity index (χ1) is 8.88. The van der Waals surface area contributed by atoms with Gasteiger partial charge in [0.1, 0.15) is 0 Å². The molecule has 1 fully saturated rings. The van der Waals surface area contributed by atoms with Crippen LogP contribution in [0.15, 0.2) is 17.2 Å². The number of rotatable bonds is 3. The Morgan fingerprint density at radius 3 is 2.74 bits per heavy atom. The first-order valence-electron chi connectivity index (χ1n) is 6.38. The smallest absolute Gasteiger partial charge is 0.311 e. The van der Waals surface area contributed by atoms with E-state index in [9.17, 15) is 14.7 Å². The van der Waals surface area contributed by atoms with Gasteiger partial charge in [-0.2, -0.15) is 0 Å². The molecule has 1 atom stereocenters. The van der Waals surface area contributed by atoms with Gasteiger partial charge in [0.15, 0.2) is 5.82 Å². The van der Waals surface area contributed by atoms with Gasteiger partial charge >= 0.3 is 5.97 Å². The number of aromatic nitrogens is 2. The summed E-state index contributed by atoms with van der Waals surface area (Å²) in [7, 11) is 1.66. The normalized spacial score (nSPS) is 23.1. The van der Waals surface area contributed by atoms with Crippen LogP contribution in [0.5, 0.6) is 0 Å². The predicted octanol–water partition coefficient (Wildman–Crippen LogP) is 0.717. The Hall–Kier alpha value is -1.85. The fourth-order valence-corrected chi connectivity index (χ4v) is 2.61. The molecule has 0 aromatic carbocycles. The molecule has 0 spiro atoms. The van der Waals surface area contributed by atoms with Crippen LogP contribution in [0.3, 0.4) is 0 Å². The molecule has 0 radical (unpaired) electrons. The molecule has 2 rings (SSSR count). The maximum atomic E-state index is 12.0. The van der Waals surface area contributed by atoms with Gasteiger partial charge in [0.05, 0.1) is 5.41 Å². The average Bonchev–Trinajstić information content (AvgIpc) is 2.79. The molecule has 0 aliphatic carbocycles. The number of carboxylic acids is 1. The van der Waals surface area contributed by atoms with E-state index in [4.69, 9.17) is 0 Å². The van der Waals surface area contributed by atoms with Crippen LogP contribution in [0.1, 0.15) is 20.3 Å². The molecule has 1 unspecified atom stereocenters. The maximum Gasteiger partial charge on any atom is 0.311 e. The zero-order valence-corrected chi connectivity index (χ0v) is 11.5. The number of carboxylic acid groups (broad SMARTS) is 1. The molecular formula is C13H19N3O3. The summed E-state index contributed by atoms with van der Waals surface area (Å²) in [5.41, 5.74) is -0.977. The summed E-state index contributed by atoms with van der Waals surface area (Å²) in [6.07, 6.45) is 3.70. The van der Waals surface area contributed by atoms with Crippen LogP contribution in [0.25, 0.3) is 0 Å². The third-order valence-electron chi connectivity index (χ3n) is 4.13. The summed E-state index contributed by atoms with van der Waals surface area (Å²) < 4.78 is 1.46. The van der Waals surface area contributed by atoms with E-state index in [1.54, 1.807) is 24.3 Å². The highest BCUT2D eigenvalue weighted by Crippen LogP contribution is 2.38. The fraction of sp³-hybridized carbons (Fsp3) is 0.615. The molecule has 104 valence electrons. The van der Waals surface area contributed by atoms with Crippen LogP contribution in [0.4, 0.5) is 5.82 Å². The average molecular weight is 265 g/mol. The minimum atomic E-state index is -0.794. The minimum Gasteiger partial charge on any atom is -0.481 e. The van der Waals surface area contributed by atoms with E-state index >= 15 is 0 Å². The van der Waals surface area contributed by atoms with Gasteiger partial charge < -0.3 is 14.6 Å². The number of hydrogen-bond acceptors (Lipinski definition) is 4. The van der Waals surface area contributed by atoms with Crippen LogP contribution in [-0.4, -0.2) is 33.7 Å². The van der Waals surface area contributed by atoms with E-state index in [2.05, 4.69) is 4.98 Å². The Morgan fingerprint density at radius 1 is 1.53 bits per heavy atom. The van der Waals surface area contributed by atoms with E-state index in [0.29, 0.717) is 25.3 Å². The topological polar surface area (TPSA) is 75.4 Å². The van der Waals surface area contributed by atoms with Crippen molar-refractivity contribution in [3.8, 4) is 0 Å². The largest absolute Gasteiger partial charge is 0.481 e. The summed E-state index contributed by atoms with van der Waals surface area (Å²) in [5.74, 6) is -0.436. The monoisotopic (exact) mass is 265 g/mol. The molecule has 19 heavy (non-hydrogen) atoms. The summed E-state index contributed by atoms with van der Waals surface area (Å²) in [5, 5.41) is 9.49. The van der Waals surface area contributed by atoms with Crippen molar-refractivity contribution in [1.29, 1.82) is 0 Å². The van der Waals surface area contributed by atoms with Crippen LogP contribution in [-0.2, 0) is 11.8 Å². The molecule has 1 N–H and O–H groups in total. The van der Waals surface area contributed by atoms with Crippen molar-refractivity contribution in [2.24, 2.45) is 18.4 Å². The Morgan fingerprint density at radius 2 is 2.21 bits per heavy atom. The van der Waals surface area contributed by atoms with Crippen molar-refractivity contribution in [2.45, 2.75) is 20.3 Å². The predicted molar refractivity (Wildman–Crippen MR) is 71.2 cm³/mol. The van der Waals surface area contributed by atoms with Crippen molar-refractivity contribution >= 4 is 11.8 Å². The van der Waals surface area contributed by atoms with Gasteiger partial charge in [-0.3, -0.25) is 9.59 Å². The molecule has 1 aliphatic heterocycles. The Labute approximate surface area is 111 Å². The van der Waals surface area contributed by atoms with Crippen LogP contribution in [0, 0.1) is 11.3 Å². The lowest BCUT2D eigenvalue weighted by molar-refractivity contribution is -0.150. The zero-order chi connectivity index (χ0) is 14.2. The lowest BCUT2D eigenvalue weighted by Crippen LogP contribution is -2.40. The Bertz CT molecular complexity index is 552. The van der Waals surface area contributed by atoms with Crippen LogP contribution < -0.4 is 10.5 Å². The standard InChI is InChI=1S/C13H19N3O3/c1-9(2)13(12(18)19)4-6-16(8-13)10-11(17)15(3)7-5-14-10/h5,7,9H,4,6,8H2,1-3H3,(H,18,19). The van der Waals surface area contributed by atoms with Gasteiger partial charge in [0.25, 0.3) is 5.56 Å². The molecule has 0 bridgehead atoms. The van der Waals surface area contributed by atoms with Crippen molar-refractivity contribution in [3.63, 3.8) is 0 Å². The van der Waals surface area contributed by atoms with Gasteiger partial charge in [0, 0.05) is 32.5 Å². The molecule has 1 saturated heterocycles. The number of aryl methyl sites for hydroxylation is 1. The number of aliphatic carboxylic acids is 1. The van der Waals surface area contributed by atoms with Crippen molar-refractivity contribution in [2.75, 3.05) is 18.0 Å². The van der Waals surface area contributed by atoms with Gasteiger partial charge in [0.2, 0.25) is 0 Å². The molecule has 0 saturated carbocycles. The number of carbonyl (C=O) groups is 1. The summed E-state index contributed by atoms with van der Waals surface area (Å²) in [6.45, 7) is 4.71. The third kappa shape index (κ3) is 2.11. The van der Waals surface area contributed by atoms with E-state index in [0.717, 1.165) is 0 Å². The molecule has 1 aromatic heterocycles. The molecule has 6 nitrogen and oxygen atoms in total. The summed E-state index contributed by atoms with van der Waals surface area (Å²) in [4.78, 5) is 29.5. The first kappa shape index (κ1) is 13.6. The highest BCUT2D eigenvalue weighted by atomic mass is 16.4. The van der Waals surface area contributed by atoms with Gasteiger partial charge in [-0.25, -0.2) is 4.98 Å². The van der Waals surface area contributed by atoms with Crippen LogP contribution in [0.2, 0.25) is 0 Å². The molecular weight excluding hydrogens is 246 g/mol. The lowest BCUT2D eigenvalue weighted by Gasteiger charge is -2.28. The number of hydrogen-bond donors (Lipinski definition) is 1. The lowest BCUT2D eigenvalue weighted by atomic mass is 9.76. The molecule has 1 aromatic rings. The molecule has 2 heterocycles. The molecule has 0 amide bonds. The fourth-order valence-electron chi connectivity index (χ4n) is 2.61. The Kier molecular flexibility index (Phi) is 3.34. The maximum absolute atomic E-state index is 12.0. The van der Waals surface area contributed by atoms with E-state index in [1.807, 2.05) is 13.8 Å². The van der Waals surface area contributed by atoms with Crippen molar-refractivity contribution < 1.29 is 9.90 Å². The second-order valence-electron chi connectivity index (χ2n) is 5.45. The quantitative estimate of drug-likeness (QED) is 0.871. The van der Waals surface area contributed by atoms with Gasteiger partial charge in [-0.05, 0) is 12.3 Å². The first-order valence-corrected chi connectivity index (χ1v) is 6.38. The number of anilines is 1. The zero-order valence-electron chi connectivity index (χ0n) is 11.5. The van der Waals surface area contributed by atoms with Crippen molar-refractivity contribution in [3.05, 3.63) is 22.7 Å².